The first-order valence-corrected chi connectivity index (χ1v) is 8.38. The van der Waals surface area contributed by atoms with Crippen molar-refractivity contribution >= 4 is 23.2 Å². The van der Waals surface area contributed by atoms with Gasteiger partial charge in [0.2, 0.25) is 0 Å². The Kier molecular flexibility index (Phi) is 6.77. The van der Waals surface area contributed by atoms with Gasteiger partial charge in [-0.2, -0.15) is 0 Å². The van der Waals surface area contributed by atoms with Gasteiger partial charge in [0, 0.05) is 25.7 Å². The van der Waals surface area contributed by atoms with Gasteiger partial charge in [0.1, 0.15) is 0 Å². The monoisotopic (exact) mass is 330 g/mol. The van der Waals surface area contributed by atoms with E-state index < -0.39 is 0 Å². The number of hydrogen-bond donors (Lipinski definition) is 1. The van der Waals surface area contributed by atoms with E-state index in [1.165, 1.54) is 0 Å². The van der Waals surface area contributed by atoms with E-state index in [-0.39, 0.29) is 6.04 Å². The Morgan fingerprint density at radius 2 is 2.24 bits per heavy atom. The molecule has 0 radical (unpaired) electrons. The molecule has 0 amide bonds. The average molecular weight is 331 g/mol. The molecule has 0 saturated carbocycles. The molecule has 2 atom stereocenters. The predicted molar refractivity (Wildman–Crippen MR) is 89.4 cm³/mol. The highest BCUT2D eigenvalue weighted by molar-refractivity contribution is 6.42. The van der Waals surface area contributed by atoms with Crippen molar-refractivity contribution in [2.45, 2.75) is 32.4 Å². The zero-order valence-corrected chi connectivity index (χ0v) is 14.3. The smallest absolute Gasteiger partial charge is 0.0674 e. The molecule has 21 heavy (non-hydrogen) atoms. The minimum Gasteiger partial charge on any atom is -0.376 e. The van der Waals surface area contributed by atoms with E-state index in [0.717, 1.165) is 44.8 Å². The van der Waals surface area contributed by atoms with Crippen LogP contribution in [0.2, 0.25) is 10.0 Å². The normalized spacial score (nSPS) is 21.4. The van der Waals surface area contributed by atoms with Gasteiger partial charge in [0.25, 0.3) is 0 Å². The molecule has 0 aromatic heterocycles. The Hall–Kier alpha value is -0.320. The van der Waals surface area contributed by atoms with Crippen LogP contribution in [0.25, 0.3) is 0 Å². The minimum atomic E-state index is 0.236. The van der Waals surface area contributed by atoms with Crippen LogP contribution >= 0.6 is 23.2 Å². The number of nitrogens with zero attached hydrogens (tertiary/aromatic N) is 1. The minimum absolute atomic E-state index is 0.236. The number of morpholine rings is 1. The second-order valence-corrected chi connectivity index (χ2v) is 6.31. The van der Waals surface area contributed by atoms with Gasteiger partial charge in [-0.05, 0) is 31.5 Å². The summed E-state index contributed by atoms with van der Waals surface area (Å²) in [6.45, 7) is 9.02. The standard InChI is InChI=1S/C16H24Cl2N2O/c1-3-19-15(13-5-4-6-14(17)16(13)18)7-8-20-9-10-21-12(2)11-20/h4-6,12,15,19H,3,7-11H2,1-2H3. The molecule has 2 rings (SSSR count). The largest absolute Gasteiger partial charge is 0.376 e. The van der Waals surface area contributed by atoms with Crippen LogP contribution in [-0.4, -0.2) is 43.8 Å². The predicted octanol–water partition coefficient (Wildman–Crippen LogP) is 3.75. The molecule has 3 nitrogen and oxygen atoms in total. The highest BCUT2D eigenvalue weighted by atomic mass is 35.5. The number of hydrogen-bond acceptors (Lipinski definition) is 3. The zero-order chi connectivity index (χ0) is 15.2. The first-order chi connectivity index (χ1) is 10.1. The molecule has 0 spiro atoms. The van der Waals surface area contributed by atoms with E-state index in [1.807, 2.05) is 12.1 Å². The van der Waals surface area contributed by atoms with Gasteiger partial charge in [-0.25, -0.2) is 0 Å². The van der Waals surface area contributed by atoms with E-state index in [0.29, 0.717) is 16.1 Å². The van der Waals surface area contributed by atoms with Crippen molar-refractivity contribution in [1.29, 1.82) is 0 Å². The molecule has 1 aliphatic heterocycles. The molecule has 0 aliphatic carbocycles. The molecular weight excluding hydrogens is 307 g/mol. The fraction of sp³-hybridized carbons (Fsp3) is 0.625. The van der Waals surface area contributed by atoms with Gasteiger partial charge >= 0.3 is 0 Å². The maximum Gasteiger partial charge on any atom is 0.0674 e. The van der Waals surface area contributed by atoms with E-state index in [1.54, 1.807) is 0 Å². The van der Waals surface area contributed by atoms with Crippen LogP contribution in [0.15, 0.2) is 18.2 Å². The van der Waals surface area contributed by atoms with Crippen LogP contribution in [-0.2, 0) is 4.74 Å². The van der Waals surface area contributed by atoms with Gasteiger partial charge in [-0.15, -0.1) is 0 Å². The van der Waals surface area contributed by atoms with Gasteiger partial charge in [0.05, 0.1) is 22.8 Å². The second kappa shape index (κ2) is 8.35. The van der Waals surface area contributed by atoms with Gasteiger partial charge in [-0.1, -0.05) is 42.3 Å². The molecule has 1 aromatic rings. The van der Waals surface area contributed by atoms with E-state index in [9.17, 15) is 0 Å². The fourth-order valence-electron chi connectivity index (χ4n) is 2.81. The Morgan fingerprint density at radius 3 is 2.95 bits per heavy atom. The summed E-state index contributed by atoms with van der Waals surface area (Å²) in [5, 5.41) is 4.81. The Balaban J connectivity index is 2.00. The first-order valence-electron chi connectivity index (χ1n) is 7.63. The van der Waals surface area contributed by atoms with Crippen LogP contribution in [0.4, 0.5) is 0 Å². The quantitative estimate of drug-likeness (QED) is 0.859. The summed E-state index contributed by atoms with van der Waals surface area (Å²) in [7, 11) is 0. The highest BCUT2D eigenvalue weighted by Gasteiger charge is 2.20. The van der Waals surface area contributed by atoms with E-state index in [2.05, 4.69) is 30.1 Å². The van der Waals surface area contributed by atoms with E-state index in [4.69, 9.17) is 27.9 Å². The number of nitrogens with one attached hydrogen (secondary N) is 1. The third kappa shape index (κ3) is 4.83. The van der Waals surface area contributed by atoms with Crippen molar-refractivity contribution in [1.82, 2.24) is 10.2 Å². The summed E-state index contributed by atoms with van der Waals surface area (Å²) in [5.41, 5.74) is 1.09. The molecule has 1 aromatic carbocycles. The third-order valence-corrected chi connectivity index (χ3v) is 4.70. The fourth-order valence-corrected chi connectivity index (χ4v) is 3.25. The number of benzene rings is 1. The molecule has 5 heteroatoms. The number of rotatable bonds is 6. The summed E-state index contributed by atoms with van der Waals surface area (Å²) in [4.78, 5) is 2.46. The molecule has 0 bridgehead atoms. The summed E-state index contributed by atoms with van der Waals surface area (Å²) in [6.07, 6.45) is 1.34. The van der Waals surface area contributed by atoms with E-state index >= 15 is 0 Å². The van der Waals surface area contributed by atoms with Gasteiger partial charge < -0.3 is 10.1 Å². The van der Waals surface area contributed by atoms with Crippen LogP contribution in [0, 0.1) is 0 Å². The van der Waals surface area contributed by atoms with Crippen molar-refractivity contribution < 1.29 is 4.74 Å². The molecule has 1 heterocycles. The lowest BCUT2D eigenvalue weighted by Gasteiger charge is -2.32. The average Bonchev–Trinajstić information content (AvgIpc) is 2.47. The number of ether oxygens (including phenoxy) is 1. The summed E-state index contributed by atoms with van der Waals surface area (Å²) < 4.78 is 5.59. The molecule has 1 N–H and O–H groups in total. The maximum absolute atomic E-state index is 6.36. The maximum atomic E-state index is 6.36. The lowest BCUT2D eigenvalue weighted by Crippen LogP contribution is -2.42. The van der Waals surface area contributed by atoms with Crippen LogP contribution in [0.5, 0.6) is 0 Å². The van der Waals surface area contributed by atoms with Crippen molar-refractivity contribution in [3.63, 3.8) is 0 Å². The lowest BCUT2D eigenvalue weighted by atomic mass is 10.0. The van der Waals surface area contributed by atoms with Crippen LogP contribution in [0.3, 0.4) is 0 Å². The zero-order valence-electron chi connectivity index (χ0n) is 12.7. The van der Waals surface area contributed by atoms with Crippen LogP contribution < -0.4 is 5.32 Å². The van der Waals surface area contributed by atoms with Crippen molar-refractivity contribution in [3.05, 3.63) is 33.8 Å². The molecule has 1 fully saturated rings. The van der Waals surface area contributed by atoms with Crippen molar-refractivity contribution in [2.75, 3.05) is 32.8 Å². The summed E-state index contributed by atoms with van der Waals surface area (Å²) >= 11 is 12.5. The topological polar surface area (TPSA) is 24.5 Å². The summed E-state index contributed by atoms with van der Waals surface area (Å²) in [6, 6.07) is 6.09. The Morgan fingerprint density at radius 1 is 1.43 bits per heavy atom. The SMILES string of the molecule is CCNC(CCN1CCOC(C)C1)c1cccc(Cl)c1Cl. The molecule has 2 unspecified atom stereocenters. The highest BCUT2D eigenvalue weighted by Crippen LogP contribution is 2.31. The summed E-state index contributed by atoms with van der Waals surface area (Å²) in [5.74, 6) is 0. The first kappa shape index (κ1) is 17.0. The molecular formula is C16H24Cl2N2O. The Bertz CT molecular complexity index is 456. The second-order valence-electron chi connectivity index (χ2n) is 5.52. The molecule has 1 aliphatic rings. The van der Waals surface area contributed by atoms with Crippen molar-refractivity contribution in [3.8, 4) is 0 Å². The Labute approximate surface area is 137 Å². The van der Waals surface area contributed by atoms with Gasteiger partial charge in [-0.3, -0.25) is 4.90 Å². The number of halogens is 2. The van der Waals surface area contributed by atoms with Crippen LogP contribution in [0.1, 0.15) is 31.9 Å². The third-order valence-electron chi connectivity index (χ3n) is 3.87. The lowest BCUT2D eigenvalue weighted by molar-refractivity contribution is -0.0192. The molecule has 118 valence electrons. The molecule has 1 saturated heterocycles. The van der Waals surface area contributed by atoms with Crippen molar-refractivity contribution in [2.24, 2.45) is 0 Å². The van der Waals surface area contributed by atoms with Gasteiger partial charge in [0.15, 0.2) is 0 Å².